The minimum atomic E-state index is -4.24. The molecule has 9 nitrogen and oxygen atoms in total. The second-order valence-electron chi connectivity index (χ2n) is 9.93. The Kier molecular flexibility index (Phi) is 11.8. The van der Waals surface area contributed by atoms with Crippen molar-refractivity contribution in [3.05, 3.63) is 83.9 Å². The Labute approximate surface area is 249 Å². The van der Waals surface area contributed by atoms with E-state index in [2.05, 4.69) is 5.32 Å². The maximum Gasteiger partial charge on any atom is 0.264 e. The number of carbonyl (C=O) groups is 2. The molecule has 1 N–H and O–H groups in total. The van der Waals surface area contributed by atoms with E-state index in [1.54, 1.807) is 36.4 Å². The smallest absolute Gasteiger partial charge is 0.264 e. The number of carbonyl (C=O) groups excluding carboxylic acids is 2. The highest BCUT2D eigenvalue weighted by atomic mass is 32.2. The molecule has 0 unspecified atom stereocenters. The highest BCUT2D eigenvalue weighted by Crippen LogP contribution is 2.33. The molecule has 2 amide bonds. The summed E-state index contributed by atoms with van der Waals surface area (Å²) in [5, 5.41) is 2.94. The van der Waals surface area contributed by atoms with Crippen LogP contribution in [0.1, 0.15) is 44.2 Å². The summed E-state index contributed by atoms with van der Waals surface area (Å²) in [7, 11) is -1.30. The molecule has 0 aliphatic rings. The van der Waals surface area contributed by atoms with E-state index in [1.165, 1.54) is 31.3 Å². The van der Waals surface area contributed by atoms with Gasteiger partial charge >= 0.3 is 0 Å². The number of ether oxygens (including phenoxy) is 2. The van der Waals surface area contributed by atoms with Gasteiger partial charge in [-0.15, -0.1) is 0 Å². The molecule has 0 aliphatic carbocycles. The van der Waals surface area contributed by atoms with Gasteiger partial charge in [0.1, 0.15) is 24.1 Å². The van der Waals surface area contributed by atoms with Gasteiger partial charge in [-0.05, 0) is 61.7 Å². The van der Waals surface area contributed by atoms with Crippen molar-refractivity contribution in [2.75, 3.05) is 31.6 Å². The number of anilines is 1. The standard InChI is InChI=1S/C32H41N3O6S/c1-6-8-21-33-32(37)28(7-2)34(22-25-15-13-24(3)14-16-25)31(36)23-35(29-11-9-10-12-30(29)41-5)42(38,39)27-19-17-26(40-4)18-20-27/h9-20,28H,6-8,21-23H2,1-5H3,(H,33,37)/t28-/m1/s1. The fourth-order valence-corrected chi connectivity index (χ4v) is 5.96. The number of methoxy groups -OCH3 is 2. The van der Waals surface area contributed by atoms with Gasteiger partial charge in [0, 0.05) is 13.1 Å². The lowest BCUT2D eigenvalue weighted by molar-refractivity contribution is -0.140. The molecule has 42 heavy (non-hydrogen) atoms. The molecule has 0 aromatic heterocycles. The number of unbranched alkanes of at least 4 members (excludes halogenated alkanes) is 1. The number of amides is 2. The number of hydrogen-bond donors (Lipinski definition) is 1. The van der Waals surface area contributed by atoms with Crippen LogP contribution in [0.15, 0.2) is 77.7 Å². The summed E-state index contributed by atoms with van der Waals surface area (Å²) >= 11 is 0. The van der Waals surface area contributed by atoms with Crippen LogP contribution in [0.3, 0.4) is 0 Å². The van der Waals surface area contributed by atoms with Crippen LogP contribution in [-0.2, 0) is 26.2 Å². The van der Waals surface area contributed by atoms with Gasteiger partial charge in [-0.2, -0.15) is 0 Å². The molecular formula is C32H41N3O6S. The second kappa shape index (κ2) is 15.3. The number of rotatable bonds is 15. The van der Waals surface area contributed by atoms with Gasteiger partial charge in [0.2, 0.25) is 11.8 Å². The first-order valence-corrected chi connectivity index (χ1v) is 15.5. The summed E-state index contributed by atoms with van der Waals surface area (Å²) in [4.78, 5) is 28.9. The monoisotopic (exact) mass is 595 g/mol. The van der Waals surface area contributed by atoms with Crippen molar-refractivity contribution < 1.29 is 27.5 Å². The number of nitrogens with one attached hydrogen (secondary N) is 1. The fourth-order valence-electron chi connectivity index (χ4n) is 4.54. The highest BCUT2D eigenvalue weighted by molar-refractivity contribution is 7.92. The van der Waals surface area contributed by atoms with Gasteiger partial charge in [0.25, 0.3) is 10.0 Å². The third-order valence-electron chi connectivity index (χ3n) is 6.97. The summed E-state index contributed by atoms with van der Waals surface area (Å²) in [6, 6.07) is 19.5. The predicted molar refractivity (Wildman–Crippen MR) is 164 cm³/mol. The first-order valence-electron chi connectivity index (χ1n) is 14.1. The summed E-state index contributed by atoms with van der Waals surface area (Å²) in [5.74, 6) is -0.000778. The van der Waals surface area contributed by atoms with E-state index in [0.717, 1.165) is 28.3 Å². The summed E-state index contributed by atoms with van der Waals surface area (Å²) in [5.41, 5.74) is 2.10. The van der Waals surface area contributed by atoms with Crippen molar-refractivity contribution in [2.24, 2.45) is 0 Å². The van der Waals surface area contributed by atoms with Gasteiger partial charge in [-0.1, -0.05) is 62.2 Å². The van der Waals surface area contributed by atoms with Crippen LogP contribution in [-0.4, -0.2) is 58.5 Å². The lowest BCUT2D eigenvalue weighted by Crippen LogP contribution is -2.52. The molecule has 0 radical (unpaired) electrons. The minimum Gasteiger partial charge on any atom is -0.497 e. The number of benzene rings is 3. The number of hydrogen-bond acceptors (Lipinski definition) is 6. The second-order valence-corrected chi connectivity index (χ2v) is 11.8. The number of aryl methyl sites for hydroxylation is 1. The Bertz CT molecular complexity index is 1430. The molecule has 10 heteroatoms. The van der Waals surface area contributed by atoms with Crippen molar-refractivity contribution in [3.63, 3.8) is 0 Å². The minimum absolute atomic E-state index is 0.0172. The van der Waals surface area contributed by atoms with Crippen LogP contribution in [0.25, 0.3) is 0 Å². The van der Waals surface area contributed by atoms with E-state index in [1.807, 2.05) is 45.0 Å². The molecule has 3 rings (SSSR count). The third kappa shape index (κ3) is 8.03. The maximum absolute atomic E-state index is 14.2. The maximum atomic E-state index is 14.2. The summed E-state index contributed by atoms with van der Waals surface area (Å²) < 4.78 is 39.9. The van der Waals surface area contributed by atoms with Crippen LogP contribution in [0.2, 0.25) is 0 Å². The van der Waals surface area contributed by atoms with Crippen molar-refractivity contribution in [3.8, 4) is 11.5 Å². The molecule has 0 saturated heterocycles. The van der Waals surface area contributed by atoms with E-state index in [0.29, 0.717) is 18.7 Å². The van der Waals surface area contributed by atoms with E-state index in [9.17, 15) is 18.0 Å². The molecule has 3 aromatic carbocycles. The van der Waals surface area contributed by atoms with Crippen LogP contribution >= 0.6 is 0 Å². The van der Waals surface area contributed by atoms with Crippen molar-refractivity contribution >= 4 is 27.5 Å². The molecule has 3 aromatic rings. The Hall–Kier alpha value is -4.05. The van der Waals surface area contributed by atoms with Crippen LogP contribution in [0.5, 0.6) is 11.5 Å². The lowest BCUT2D eigenvalue weighted by atomic mass is 10.1. The Morgan fingerprint density at radius 3 is 2.17 bits per heavy atom. The largest absolute Gasteiger partial charge is 0.497 e. The number of sulfonamides is 1. The SMILES string of the molecule is CCCCNC(=O)[C@@H](CC)N(Cc1ccc(C)cc1)C(=O)CN(c1ccccc1OC)S(=O)(=O)c1ccc(OC)cc1. The molecule has 0 fully saturated rings. The van der Waals surface area contributed by atoms with E-state index < -0.39 is 28.5 Å². The van der Waals surface area contributed by atoms with E-state index >= 15 is 0 Å². The van der Waals surface area contributed by atoms with Gasteiger partial charge in [-0.25, -0.2) is 8.42 Å². The zero-order valence-corrected chi connectivity index (χ0v) is 25.8. The number of nitrogens with zero attached hydrogens (tertiary/aromatic N) is 2. The Morgan fingerprint density at radius 2 is 1.57 bits per heavy atom. The first-order chi connectivity index (χ1) is 20.2. The zero-order chi connectivity index (χ0) is 30.7. The molecular weight excluding hydrogens is 554 g/mol. The molecule has 0 spiro atoms. The normalized spacial score (nSPS) is 11.8. The molecule has 226 valence electrons. The Balaban J connectivity index is 2.07. The highest BCUT2D eigenvalue weighted by Gasteiger charge is 2.34. The van der Waals surface area contributed by atoms with Crippen molar-refractivity contribution in [2.45, 2.75) is 57.5 Å². The van der Waals surface area contributed by atoms with Crippen LogP contribution in [0.4, 0.5) is 5.69 Å². The Morgan fingerprint density at radius 1 is 0.905 bits per heavy atom. The topological polar surface area (TPSA) is 105 Å². The summed E-state index contributed by atoms with van der Waals surface area (Å²) in [6.45, 7) is 5.94. The molecule has 0 bridgehead atoms. The van der Waals surface area contributed by atoms with Gasteiger partial charge in [0.05, 0.1) is 24.8 Å². The van der Waals surface area contributed by atoms with Gasteiger partial charge in [-0.3, -0.25) is 13.9 Å². The molecule has 0 aliphatic heterocycles. The van der Waals surface area contributed by atoms with E-state index in [4.69, 9.17) is 9.47 Å². The fraction of sp³-hybridized carbons (Fsp3) is 0.375. The summed E-state index contributed by atoms with van der Waals surface area (Å²) in [6.07, 6.45) is 2.09. The molecule has 0 heterocycles. The molecule has 1 atom stereocenters. The van der Waals surface area contributed by atoms with Gasteiger partial charge in [0.15, 0.2) is 0 Å². The lowest BCUT2D eigenvalue weighted by Gasteiger charge is -2.33. The first kappa shape index (κ1) is 32.5. The predicted octanol–water partition coefficient (Wildman–Crippen LogP) is 4.93. The van der Waals surface area contributed by atoms with Crippen molar-refractivity contribution in [1.29, 1.82) is 0 Å². The number of para-hydroxylation sites is 2. The van der Waals surface area contributed by atoms with Crippen LogP contribution < -0.4 is 19.1 Å². The van der Waals surface area contributed by atoms with E-state index in [-0.39, 0.29) is 28.8 Å². The zero-order valence-electron chi connectivity index (χ0n) is 25.0. The van der Waals surface area contributed by atoms with Crippen LogP contribution in [0, 0.1) is 6.92 Å². The molecule has 0 saturated carbocycles. The average Bonchev–Trinajstić information content (AvgIpc) is 3.00. The van der Waals surface area contributed by atoms with Crippen molar-refractivity contribution in [1.82, 2.24) is 10.2 Å². The van der Waals surface area contributed by atoms with Gasteiger partial charge < -0.3 is 19.7 Å². The third-order valence-corrected chi connectivity index (χ3v) is 8.74. The average molecular weight is 596 g/mol. The quantitative estimate of drug-likeness (QED) is 0.250.